The molecule has 0 spiro atoms. The van der Waals surface area contributed by atoms with E-state index in [9.17, 15) is 8.42 Å². The zero-order valence-corrected chi connectivity index (χ0v) is 13.6. The lowest BCUT2D eigenvalue weighted by molar-refractivity contribution is 0.432. The molecule has 2 fully saturated rings. The minimum absolute atomic E-state index is 0.269. The fraction of sp³-hybridized carbons (Fsp3) is 0.636. The SMILES string of the molecule is O=S(=O)(NCC1(C2CC2)CC1)c1cc(Cl)c(Br)s1. The van der Waals surface area contributed by atoms with E-state index in [4.69, 9.17) is 11.6 Å². The van der Waals surface area contributed by atoms with E-state index >= 15 is 0 Å². The van der Waals surface area contributed by atoms with Gasteiger partial charge in [-0.05, 0) is 59.0 Å². The number of hydrogen-bond donors (Lipinski definition) is 1. The van der Waals surface area contributed by atoms with Crippen LogP contribution in [0, 0.1) is 11.3 Å². The van der Waals surface area contributed by atoms with Gasteiger partial charge in [-0.25, -0.2) is 13.1 Å². The molecule has 3 nitrogen and oxygen atoms in total. The van der Waals surface area contributed by atoms with Crippen LogP contribution in [0.25, 0.3) is 0 Å². The first-order valence-corrected chi connectivity index (χ1v) is 9.35. The van der Waals surface area contributed by atoms with Crippen LogP contribution in [0.1, 0.15) is 25.7 Å². The molecular formula is C11H13BrClNO2S2. The monoisotopic (exact) mass is 369 g/mol. The number of sulfonamides is 1. The van der Waals surface area contributed by atoms with Crippen molar-refractivity contribution in [2.24, 2.45) is 11.3 Å². The molecule has 0 radical (unpaired) electrons. The van der Waals surface area contributed by atoms with Crippen LogP contribution >= 0.6 is 38.9 Å². The maximum atomic E-state index is 12.1. The molecule has 1 aromatic heterocycles. The minimum atomic E-state index is -3.41. The van der Waals surface area contributed by atoms with Gasteiger partial charge in [0.2, 0.25) is 10.0 Å². The van der Waals surface area contributed by atoms with Crippen LogP contribution < -0.4 is 4.72 Å². The summed E-state index contributed by atoms with van der Waals surface area (Å²) in [5, 5.41) is 0.448. The maximum absolute atomic E-state index is 12.1. The molecule has 0 aromatic carbocycles. The summed E-state index contributed by atoms with van der Waals surface area (Å²) in [7, 11) is -3.41. The van der Waals surface area contributed by atoms with E-state index in [0.717, 1.165) is 30.1 Å². The lowest BCUT2D eigenvalue weighted by atomic mass is 10.0. The predicted molar refractivity (Wildman–Crippen MR) is 76.6 cm³/mol. The molecule has 2 aliphatic rings. The number of halogens is 2. The summed E-state index contributed by atoms with van der Waals surface area (Å²) >= 11 is 10.3. The van der Waals surface area contributed by atoms with Gasteiger partial charge >= 0.3 is 0 Å². The first-order chi connectivity index (χ1) is 8.43. The summed E-state index contributed by atoms with van der Waals surface area (Å²) < 4.78 is 28.0. The standard InChI is InChI=1S/C11H13BrClNO2S2/c12-10-8(13)5-9(17-10)18(15,16)14-6-11(3-4-11)7-1-2-7/h5,7,14H,1-4,6H2. The second kappa shape index (κ2) is 4.45. The highest BCUT2D eigenvalue weighted by molar-refractivity contribution is 9.11. The van der Waals surface area contributed by atoms with Gasteiger partial charge in [-0.3, -0.25) is 0 Å². The van der Waals surface area contributed by atoms with Crippen LogP contribution in [0.5, 0.6) is 0 Å². The first kappa shape index (κ1) is 13.4. The van der Waals surface area contributed by atoms with Gasteiger partial charge in [0, 0.05) is 6.54 Å². The Labute approximate surface area is 124 Å². The van der Waals surface area contributed by atoms with E-state index in [1.165, 1.54) is 18.9 Å². The second-order valence-corrected chi connectivity index (χ2v) is 9.92. The van der Waals surface area contributed by atoms with Crippen LogP contribution in [0.2, 0.25) is 5.02 Å². The van der Waals surface area contributed by atoms with Crippen molar-refractivity contribution >= 4 is 48.9 Å². The molecule has 100 valence electrons. The molecule has 2 saturated carbocycles. The van der Waals surface area contributed by atoms with Gasteiger partial charge in [0.15, 0.2) is 0 Å². The van der Waals surface area contributed by atoms with Crippen molar-refractivity contribution in [1.29, 1.82) is 0 Å². The van der Waals surface area contributed by atoms with E-state index in [0.29, 0.717) is 15.4 Å². The molecule has 1 heterocycles. The van der Waals surface area contributed by atoms with Gasteiger partial charge in [-0.1, -0.05) is 11.6 Å². The van der Waals surface area contributed by atoms with E-state index in [1.807, 2.05) is 0 Å². The third-order valence-electron chi connectivity index (χ3n) is 3.84. The van der Waals surface area contributed by atoms with Crippen LogP contribution in [0.15, 0.2) is 14.1 Å². The molecular weight excluding hydrogens is 358 g/mol. The average molecular weight is 371 g/mol. The number of nitrogens with one attached hydrogen (secondary N) is 1. The van der Waals surface area contributed by atoms with Crippen molar-refractivity contribution in [1.82, 2.24) is 4.72 Å². The molecule has 0 amide bonds. The molecule has 0 atom stereocenters. The quantitative estimate of drug-likeness (QED) is 0.860. The number of thiophene rings is 1. The Balaban J connectivity index is 1.71. The van der Waals surface area contributed by atoms with E-state index < -0.39 is 10.0 Å². The van der Waals surface area contributed by atoms with Crippen LogP contribution in [-0.2, 0) is 10.0 Å². The zero-order chi connectivity index (χ0) is 13.0. The average Bonchev–Trinajstić information content (AvgIpc) is 3.18. The fourth-order valence-electron chi connectivity index (χ4n) is 2.35. The highest BCUT2D eigenvalue weighted by Gasteiger charge is 2.53. The summed E-state index contributed by atoms with van der Waals surface area (Å²) in [5.41, 5.74) is 0.269. The maximum Gasteiger partial charge on any atom is 0.250 e. The van der Waals surface area contributed by atoms with Crippen molar-refractivity contribution < 1.29 is 8.42 Å². The minimum Gasteiger partial charge on any atom is -0.210 e. The number of rotatable bonds is 5. The Morgan fingerprint density at radius 2 is 2.17 bits per heavy atom. The van der Waals surface area contributed by atoms with Crippen molar-refractivity contribution in [2.75, 3.05) is 6.54 Å². The predicted octanol–water partition coefficient (Wildman–Crippen LogP) is 3.63. The van der Waals surface area contributed by atoms with E-state index in [1.54, 1.807) is 0 Å². The first-order valence-electron chi connectivity index (χ1n) is 5.87. The van der Waals surface area contributed by atoms with Crippen LogP contribution in [-0.4, -0.2) is 15.0 Å². The molecule has 0 aliphatic heterocycles. The fourth-order valence-corrected chi connectivity index (χ4v) is 5.94. The van der Waals surface area contributed by atoms with E-state index in [2.05, 4.69) is 20.7 Å². The normalized spacial score (nSPS) is 22.1. The van der Waals surface area contributed by atoms with Crippen molar-refractivity contribution in [3.63, 3.8) is 0 Å². The Morgan fingerprint density at radius 3 is 2.61 bits per heavy atom. The van der Waals surface area contributed by atoms with Crippen molar-refractivity contribution in [3.8, 4) is 0 Å². The van der Waals surface area contributed by atoms with Crippen molar-refractivity contribution in [3.05, 3.63) is 14.9 Å². The highest BCUT2D eigenvalue weighted by atomic mass is 79.9. The van der Waals surface area contributed by atoms with Crippen molar-refractivity contribution in [2.45, 2.75) is 29.9 Å². The summed E-state index contributed by atoms with van der Waals surface area (Å²) in [6, 6.07) is 1.50. The Kier molecular flexibility index (Phi) is 3.30. The topological polar surface area (TPSA) is 46.2 Å². The summed E-state index contributed by atoms with van der Waals surface area (Å²) in [6.07, 6.45) is 4.85. The molecule has 3 rings (SSSR count). The third-order valence-corrected chi connectivity index (χ3v) is 8.19. The Morgan fingerprint density at radius 1 is 1.50 bits per heavy atom. The summed E-state index contributed by atoms with van der Waals surface area (Å²) in [6.45, 7) is 0.577. The summed E-state index contributed by atoms with van der Waals surface area (Å²) in [4.78, 5) is 0. The Bertz CT molecular complexity index is 556. The molecule has 1 N–H and O–H groups in total. The Hall–Kier alpha value is 0.380. The zero-order valence-electron chi connectivity index (χ0n) is 9.58. The smallest absolute Gasteiger partial charge is 0.210 e. The van der Waals surface area contributed by atoms with Crippen LogP contribution in [0.3, 0.4) is 0 Å². The lowest BCUT2D eigenvalue weighted by Crippen LogP contribution is -2.30. The molecule has 0 saturated heterocycles. The molecule has 0 unspecified atom stereocenters. The molecule has 0 bridgehead atoms. The second-order valence-electron chi connectivity index (χ2n) is 5.15. The van der Waals surface area contributed by atoms with Gasteiger partial charge < -0.3 is 0 Å². The molecule has 1 aromatic rings. The van der Waals surface area contributed by atoms with Crippen LogP contribution in [0.4, 0.5) is 0 Å². The number of hydrogen-bond acceptors (Lipinski definition) is 3. The summed E-state index contributed by atoms with van der Waals surface area (Å²) in [5.74, 6) is 0.749. The van der Waals surface area contributed by atoms with Gasteiger partial charge in [-0.15, -0.1) is 11.3 Å². The van der Waals surface area contributed by atoms with Gasteiger partial charge in [0.05, 0.1) is 8.81 Å². The van der Waals surface area contributed by atoms with Gasteiger partial charge in [-0.2, -0.15) is 0 Å². The molecule has 7 heteroatoms. The van der Waals surface area contributed by atoms with E-state index in [-0.39, 0.29) is 9.62 Å². The molecule has 18 heavy (non-hydrogen) atoms. The highest BCUT2D eigenvalue weighted by Crippen LogP contribution is 2.60. The largest absolute Gasteiger partial charge is 0.250 e. The molecule has 2 aliphatic carbocycles. The van der Waals surface area contributed by atoms with Gasteiger partial charge in [0.1, 0.15) is 4.21 Å². The van der Waals surface area contributed by atoms with Gasteiger partial charge in [0.25, 0.3) is 0 Å². The third kappa shape index (κ3) is 2.50. The lowest BCUT2D eigenvalue weighted by Gasteiger charge is -2.14.